The molecule has 3 N–H and O–H groups in total. The Balaban J connectivity index is 2.90. The fraction of sp³-hybridized carbons (Fsp3) is 0.200. The van der Waals surface area contributed by atoms with Gasteiger partial charge < -0.3 is 10.7 Å². The minimum atomic E-state index is -0.185. The van der Waals surface area contributed by atoms with Crippen LogP contribution in [0.3, 0.4) is 0 Å². The van der Waals surface area contributed by atoms with Gasteiger partial charge in [0.2, 0.25) is 0 Å². The van der Waals surface area contributed by atoms with Crippen LogP contribution in [-0.2, 0) is 6.42 Å². The molecule has 0 saturated carbocycles. The number of aromatic nitrogens is 2. The molecule has 0 aliphatic heterocycles. The summed E-state index contributed by atoms with van der Waals surface area (Å²) >= 11 is 0. The Kier molecular flexibility index (Phi) is 1.96. The number of nitrogens with one attached hydrogen (secondary N) is 1. The highest BCUT2D eigenvalue weighted by molar-refractivity contribution is 5.90. The van der Waals surface area contributed by atoms with Gasteiger partial charge in [-0.05, 0) is 23.9 Å². The Morgan fingerprint density at radius 3 is 3.07 bits per heavy atom. The molecule has 0 aromatic carbocycles. The van der Waals surface area contributed by atoms with Crippen LogP contribution < -0.4 is 11.3 Å². The summed E-state index contributed by atoms with van der Waals surface area (Å²) in [5.74, 6) is 0.307. The topological polar surface area (TPSA) is 71.8 Å². The van der Waals surface area contributed by atoms with Crippen LogP contribution in [0.25, 0.3) is 10.8 Å². The molecule has 0 aliphatic carbocycles. The van der Waals surface area contributed by atoms with E-state index < -0.39 is 0 Å². The molecule has 0 aliphatic rings. The van der Waals surface area contributed by atoms with Gasteiger partial charge in [0.1, 0.15) is 5.82 Å². The van der Waals surface area contributed by atoms with Crippen LogP contribution in [0.1, 0.15) is 12.6 Å². The number of aryl methyl sites for hydroxylation is 1. The number of nitrogen functional groups attached to an aromatic ring is 1. The molecular formula is C10H11N3O. The van der Waals surface area contributed by atoms with Gasteiger partial charge in [-0.2, -0.15) is 0 Å². The Morgan fingerprint density at radius 1 is 1.57 bits per heavy atom. The smallest absolute Gasteiger partial charge is 0.259 e. The van der Waals surface area contributed by atoms with E-state index in [2.05, 4.69) is 9.97 Å². The third-order valence-electron chi connectivity index (χ3n) is 2.20. The van der Waals surface area contributed by atoms with Crippen molar-refractivity contribution in [2.45, 2.75) is 13.3 Å². The number of H-pyrrole nitrogens is 1. The van der Waals surface area contributed by atoms with Crippen molar-refractivity contribution in [1.29, 1.82) is 0 Å². The number of fused-ring (bicyclic) bond motifs is 1. The van der Waals surface area contributed by atoms with E-state index in [-0.39, 0.29) is 5.56 Å². The van der Waals surface area contributed by atoms with Crippen molar-refractivity contribution >= 4 is 16.6 Å². The zero-order chi connectivity index (χ0) is 10.1. The van der Waals surface area contributed by atoms with Crippen molar-refractivity contribution in [3.05, 3.63) is 34.4 Å². The first kappa shape index (κ1) is 8.74. The molecule has 0 fully saturated rings. The molecule has 0 unspecified atom stereocenters. The predicted molar refractivity (Wildman–Crippen MR) is 56.2 cm³/mol. The van der Waals surface area contributed by atoms with Gasteiger partial charge in [0.05, 0.1) is 5.39 Å². The second kappa shape index (κ2) is 3.14. The first-order chi connectivity index (χ1) is 6.72. The highest BCUT2D eigenvalue weighted by Gasteiger charge is 2.04. The first-order valence-corrected chi connectivity index (χ1v) is 4.49. The van der Waals surface area contributed by atoms with E-state index >= 15 is 0 Å². The number of rotatable bonds is 1. The predicted octanol–water partition coefficient (Wildman–Crippen LogP) is 1.07. The Labute approximate surface area is 80.8 Å². The summed E-state index contributed by atoms with van der Waals surface area (Å²) in [6.07, 6.45) is 2.43. The largest absolute Gasteiger partial charge is 0.383 e. The third-order valence-corrected chi connectivity index (χ3v) is 2.20. The summed E-state index contributed by atoms with van der Waals surface area (Å²) in [4.78, 5) is 18.1. The fourth-order valence-corrected chi connectivity index (χ4v) is 1.48. The van der Waals surface area contributed by atoms with Gasteiger partial charge in [-0.15, -0.1) is 0 Å². The van der Waals surface area contributed by atoms with Gasteiger partial charge in [-0.25, -0.2) is 4.98 Å². The van der Waals surface area contributed by atoms with Gasteiger partial charge in [-0.3, -0.25) is 4.79 Å². The number of hydrogen-bond acceptors (Lipinski definition) is 3. The summed E-state index contributed by atoms with van der Waals surface area (Å²) in [7, 11) is 0. The van der Waals surface area contributed by atoms with Crippen molar-refractivity contribution in [3.63, 3.8) is 0 Å². The molecule has 0 bridgehead atoms. The van der Waals surface area contributed by atoms with Gasteiger partial charge in [0.15, 0.2) is 0 Å². The number of hydrogen-bond donors (Lipinski definition) is 2. The molecule has 14 heavy (non-hydrogen) atoms. The highest BCUT2D eigenvalue weighted by Crippen LogP contribution is 2.15. The van der Waals surface area contributed by atoms with E-state index in [1.807, 2.05) is 19.1 Å². The van der Waals surface area contributed by atoms with Gasteiger partial charge >= 0.3 is 0 Å². The van der Waals surface area contributed by atoms with Gasteiger partial charge in [0.25, 0.3) is 5.56 Å². The van der Waals surface area contributed by atoms with E-state index in [1.165, 1.54) is 0 Å². The van der Waals surface area contributed by atoms with Crippen LogP contribution in [0, 0.1) is 0 Å². The number of aromatic amines is 1. The lowest BCUT2D eigenvalue weighted by molar-refractivity contribution is 1.05. The quantitative estimate of drug-likeness (QED) is 0.704. The van der Waals surface area contributed by atoms with Gasteiger partial charge in [0, 0.05) is 11.9 Å². The van der Waals surface area contributed by atoms with Crippen LogP contribution in [0.5, 0.6) is 0 Å². The van der Waals surface area contributed by atoms with Crippen molar-refractivity contribution in [2.24, 2.45) is 0 Å². The molecular weight excluding hydrogens is 178 g/mol. The maximum atomic E-state index is 11.4. The van der Waals surface area contributed by atoms with Crippen molar-refractivity contribution < 1.29 is 0 Å². The van der Waals surface area contributed by atoms with Crippen molar-refractivity contribution in [3.8, 4) is 0 Å². The summed E-state index contributed by atoms with van der Waals surface area (Å²) < 4.78 is 0. The molecule has 0 saturated heterocycles. The molecule has 2 aromatic rings. The van der Waals surface area contributed by atoms with E-state index in [9.17, 15) is 4.79 Å². The summed E-state index contributed by atoms with van der Waals surface area (Å²) in [5, 5.41) is 1.32. The normalized spacial score (nSPS) is 10.6. The van der Waals surface area contributed by atoms with Crippen molar-refractivity contribution in [2.75, 3.05) is 5.73 Å². The van der Waals surface area contributed by atoms with Crippen LogP contribution in [0.2, 0.25) is 0 Å². The van der Waals surface area contributed by atoms with Crippen LogP contribution >= 0.6 is 0 Å². The third kappa shape index (κ3) is 1.25. The zero-order valence-corrected chi connectivity index (χ0v) is 7.87. The standard InChI is InChI=1S/C10H11N3O/c1-2-7-5-6-3-4-12-10(14)8(6)9(11)13-7/h3-5H,2H2,1H3,(H2,11,13)(H,12,14). The lowest BCUT2D eigenvalue weighted by atomic mass is 10.1. The molecule has 0 spiro atoms. The molecule has 0 radical (unpaired) electrons. The second-order valence-corrected chi connectivity index (χ2v) is 3.12. The van der Waals surface area contributed by atoms with Gasteiger partial charge in [-0.1, -0.05) is 6.92 Å². The minimum Gasteiger partial charge on any atom is -0.383 e. The molecule has 72 valence electrons. The maximum Gasteiger partial charge on any atom is 0.259 e. The molecule has 0 atom stereocenters. The average molecular weight is 189 g/mol. The minimum absolute atomic E-state index is 0.185. The number of anilines is 1. The van der Waals surface area contributed by atoms with E-state index in [1.54, 1.807) is 6.20 Å². The van der Waals surface area contributed by atoms with Crippen LogP contribution in [0.4, 0.5) is 5.82 Å². The molecule has 4 heteroatoms. The molecule has 4 nitrogen and oxygen atoms in total. The average Bonchev–Trinajstić information content (AvgIpc) is 2.17. The molecule has 2 aromatic heterocycles. The SMILES string of the molecule is CCc1cc2cc[nH]c(=O)c2c(N)n1. The van der Waals surface area contributed by atoms with E-state index in [0.29, 0.717) is 11.2 Å². The van der Waals surface area contributed by atoms with E-state index in [0.717, 1.165) is 17.5 Å². The number of pyridine rings is 2. The molecule has 2 heterocycles. The summed E-state index contributed by atoms with van der Waals surface area (Å²) in [6, 6.07) is 3.72. The Morgan fingerprint density at radius 2 is 2.36 bits per heavy atom. The monoisotopic (exact) mass is 189 g/mol. The van der Waals surface area contributed by atoms with E-state index in [4.69, 9.17) is 5.73 Å². The second-order valence-electron chi connectivity index (χ2n) is 3.12. The fourth-order valence-electron chi connectivity index (χ4n) is 1.48. The molecule has 2 rings (SSSR count). The van der Waals surface area contributed by atoms with Crippen LogP contribution in [-0.4, -0.2) is 9.97 Å². The van der Waals surface area contributed by atoms with Crippen molar-refractivity contribution in [1.82, 2.24) is 9.97 Å². The lowest BCUT2D eigenvalue weighted by Crippen LogP contribution is -2.09. The zero-order valence-electron chi connectivity index (χ0n) is 7.87. The highest BCUT2D eigenvalue weighted by atomic mass is 16.1. The molecule has 0 amide bonds. The number of nitrogens with two attached hydrogens (primary N) is 1. The lowest BCUT2D eigenvalue weighted by Gasteiger charge is -2.02. The number of nitrogens with zero attached hydrogens (tertiary/aromatic N) is 1. The maximum absolute atomic E-state index is 11.4. The summed E-state index contributed by atoms with van der Waals surface area (Å²) in [5.41, 5.74) is 6.42. The first-order valence-electron chi connectivity index (χ1n) is 4.49. The summed E-state index contributed by atoms with van der Waals surface area (Å²) in [6.45, 7) is 2.00. The Hall–Kier alpha value is -1.84. The van der Waals surface area contributed by atoms with Crippen LogP contribution in [0.15, 0.2) is 23.1 Å². The Bertz CT molecular complexity index is 530.